The number of carbonyl (C=O) groups excluding carboxylic acids is 1. The number of aromatic amines is 1. The Morgan fingerprint density at radius 3 is 2.87 bits per heavy atom. The monoisotopic (exact) mass is 204 g/mol. The summed E-state index contributed by atoms with van der Waals surface area (Å²) in [4.78, 5) is 18.5. The zero-order valence-electron chi connectivity index (χ0n) is 8.12. The summed E-state index contributed by atoms with van der Waals surface area (Å²) in [6, 6.07) is 5.55. The van der Waals surface area contributed by atoms with E-state index in [1.54, 1.807) is 19.2 Å². The molecule has 2 aromatic rings. The maximum absolute atomic E-state index is 12.9. The van der Waals surface area contributed by atoms with Gasteiger partial charge in [-0.15, -0.1) is 0 Å². The standard InChI is InChI=1S/C11H9FN2O/c1-7-6-13-11(14-7)10(15)8-3-2-4-9(12)5-8/h2-6H,1H3,(H,13,14). The maximum atomic E-state index is 12.9. The number of ketones is 1. The molecule has 0 unspecified atom stereocenters. The van der Waals surface area contributed by atoms with E-state index in [4.69, 9.17) is 0 Å². The van der Waals surface area contributed by atoms with E-state index < -0.39 is 5.82 Å². The molecule has 0 saturated heterocycles. The van der Waals surface area contributed by atoms with E-state index in [-0.39, 0.29) is 11.6 Å². The first kappa shape index (κ1) is 9.58. The Labute approximate surface area is 86.0 Å². The summed E-state index contributed by atoms with van der Waals surface area (Å²) in [5.74, 6) is -0.496. The number of imidazole rings is 1. The fraction of sp³-hybridized carbons (Fsp3) is 0.0909. The fourth-order valence-electron chi connectivity index (χ4n) is 1.29. The predicted octanol–water partition coefficient (Wildman–Crippen LogP) is 2.09. The number of halogens is 1. The van der Waals surface area contributed by atoms with Gasteiger partial charge in [0.2, 0.25) is 5.78 Å². The minimum absolute atomic E-state index is 0.234. The van der Waals surface area contributed by atoms with Crippen LogP contribution in [-0.2, 0) is 0 Å². The van der Waals surface area contributed by atoms with Gasteiger partial charge in [0, 0.05) is 17.5 Å². The fourth-order valence-corrected chi connectivity index (χ4v) is 1.29. The number of nitrogens with zero attached hydrogens (tertiary/aromatic N) is 1. The summed E-state index contributed by atoms with van der Waals surface area (Å²) in [7, 11) is 0. The van der Waals surface area contributed by atoms with Gasteiger partial charge in [0.15, 0.2) is 5.82 Å². The Kier molecular flexibility index (Phi) is 2.33. The van der Waals surface area contributed by atoms with Gasteiger partial charge in [-0.1, -0.05) is 12.1 Å². The lowest BCUT2D eigenvalue weighted by Crippen LogP contribution is -2.03. The van der Waals surface area contributed by atoms with E-state index in [0.717, 1.165) is 5.69 Å². The lowest BCUT2D eigenvalue weighted by molar-refractivity contribution is 0.103. The number of carbonyl (C=O) groups is 1. The van der Waals surface area contributed by atoms with E-state index in [1.165, 1.54) is 18.2 Å². The van der Waals surface area contributed by atoms with Crippen LogP contribution in [0, 0.1) is 12.7 Å². The molecule has 0 amide bonds. The SMILES string of the molecule is Cc1cnc(C(=O)c2cccc(F)c2)[nH]1. The molecule has 3 nitrogen and oxygen atoms in total. The molecule has 4 heteroatoms. The third-order valence-electron chi connectivity index (χ3n) is 2.00. The van der Waals surface area contributed by atoms with E-state index >= 15 is 0 Å². The first-order chi connectivity index (χ1) is 7.16. The Bertz CT molecular complexity index is 505. The smallest absolute Gasteiger partial charge is 0.228 e. The highest BCUT2D eigenvalue weighted by atomic mass is 19.1. The number of aryl methyl sites for hydroxylation is 1. The zero-order valence-corrected chi connectivity index (χ0v) is 8.12. The highest BCUT2D eigenvalue weighted by molar-refractivity contribution is 6.06. The molecule has 2 rings (SSSR count). The molecule has 0 saturated carbocycles. The predicted molar refractivity (Wildman–Crippen MR) is 53.2 cm³/mol. The normalized spacial score (nSPS) is 10.3. The van der Waals surface area contributed by atoms with Crippen LogP contribution in [0.2, 0.25) is 0 Å². The van der Waals surface area contributed by atoms with Crippen LogP contribution in [-0.4, -0.2) is 15.8 Å². The topological polar surface area (TPSA) is 45.8 Å². The van der Waals surface area contributed by atoms with Crippen LogP contribution in [0.1, 0.15) is 21.9 Å². The molecule has 1 heterocycles. The lowest BCUT2D eigenvalue weighted by atomic mass is 10.1. The Morgan fingerprint density at radius 1 is 1.47 bits per heavy atom. The van der Waals surface area contributed by atoms with E-state index in [1.807, 2.05) is 0 Å². The first-order valence-electron chi connectivity index (χ1n) is 4.48. The summed E-state index contributed by atoms with van der Waals surface area (Å²) in [6.07, 6.45) is 1.56. The van der Waals surface area contributed by atoms with Gasteiger partial charge in [-0.2, -0.15) is 0 Å². The van der Waals surface area contributed by atoms with Crippen molar-refractivity contribution >= 4 is 5.78 Å². The van der Waals surface area contributed by atoms with Crippen molar-refractivity contribution in [2.75, 3.05) is 0 Å². The molecule has 0 spiro atoms. The number of nitrogens with one attached hydrogen (secondary N) is 1. The maximum Gasteiger partial charge on any atom is 0.228 e. The van der Waals surface area contributed by atoms with Crippen LogP contribution in [0.3, 0.4) is 0 Å². The van der Waals surface area contributed by atoms with Crippen molar-refractivity contribution in [1.82, 2.24) is 9.97 Å². The highest BCUT2D eigenvalue weighted by Gasteiger charge is 2.12. The van der Waals surface area contributed by atoms with Crippen LogP contribution >= 0.6 is 0 Å². The summed E-state index contributed by atoms with van der Waals surface area (Å²) in [5, 5.41) is 0. The molecule has 0 radical (unpaired) electrons. The van der Waals surface area contributed by atoms with Crippen molar-refractivity contribution in [2.24, 2.45) is 0 Å². The van der Waals surface area contributed by atoms with Crippen LogP contribution < -0.4 is 0 Å². The van der Waals surface area contributed by atoms with Crippen molar-refractivity contribution in [3.63, 3.8) is 0 Å². The second-order valence-corrected chi connectivity index (χ2v) is 3.25. The number of benzene rings is 1. The van der Waals surface area contributed by atoms with Crippen molar-refractivity contribution < 1.29 is 9.18 Å². The van der Waals surface area contributed by atoms with Gasteiger partial charge in [0.05, 0.1) is 0 Å². The zero-order chi connectivity index (χ0) is 10.8. The van der Waals surface area contributed by atoms with E-state index in [0.29, 0.717) is 5.56 Å². The van der Waals surface area contributed by atoms with Gasteiger partial charge < -0.3 is 4.98 Å². The Morgan fingerprint density at radius 2 is 2.27 bits per heavy atom. The minimum Gasteiger partial charge on any atom is -0.339 e. The molecule has 1 aromatic carbocycles. The average molecular weight is 204 g/mol. The molecule has 0 aliphatic heterocycles. The highest BCUT2D eigenvalue weighted by Crippen LogP contribution is 2.08. The number of hydrogen-bond acceptors (Lipinski definition) is 2. The second kappa shape index (κ2) is 3.65. The minimum atomic E-state index is -0.427. The van der Waals surface area contributed by atoms with Crippen molar-refractivity contribution in [2.45, 2.75) is 6.92 Å². The number of H-pyrrole nitrogens is 1. The molecule has 1 aromatic heterocycles. The molecular formula is C11H9FN2O. The van der Waals surface area contributed by atoms with Gasteiger partial charge in [0.1, 0.15) is 5.82 Å². The molecular weight excluding hydrogens is 195 g/mol. The second-order valence-electron chi connectivity index (χ2n) is 3.25. The number of aromatic nitrogens is 2. The largest absolute Gasteiger partial charge is 0.339 e. The third-order valence-corrected chi connectivity index (χ3v) is 2.00. The van der Waals surface area contributed by atoms with Crippen LogP contribution in [0.25, 0.3) is 0 Å². The Hall–Kier alpha value is -1.97. The van der Waals surface area contributed by atoms with E-state index in [9.17, 15) is 9.18 Å². The van der Waals surface area contributed by atoms with Gasteiger partial charge in [-0.25, -0.2) is 9.37 Å². The molecule has 15 heavy (non-hydrogen) atoms. The molecule has 76 valence electrons. The van der Waals surface area contributed by atoms with Gasteiger partial charge in [-0.05, 0) is 19.1 Å². The molecule has 0 bridgehead atoms. The van der Waals surface area contributed by atoms with Crippen LogP contribution in [0.5, 0.6) is 0 Å². The third kappa shape index (κ3) is 1.93. The van der Waals surface area contributed by atoms with Crippen molar-refractivity contribution in [1.29, 1.82) is 0 Å². The van der Waals surface area contributed by atoms with Crippen molar-refractivity contribution in [3.05, 3.63) is 53.4 Å². The average Bonchev–Trinajstić information content (AvgIpc) is 2.64. The van der Waals surface area contributed by atoms with E-state index in [2.05, 4.69) is 9.97 Å². The quantitative estimate of drug-likeness (QED) is 0.761. The molecule has 0 aliphatic carbocycles. The summed E-state index contributed by atoms with van der Waals surface area (Å²) in [5.41, 5.74) is 1.10. The molecule has 1 N–H and O–H groups in total. The van der Waals surface area contributed by atoms with Crippen LogP contribution in [0.4, 0.5) is 4.39 Å². The van der Waals surface area contributed by atoms with Gasteiger partial charge in [0.25, 0.3) is 0 Å². The first-order valence-corrected chi connectivity index (χ1v) is 4.48. The van der Waals surface area contributed by atoms with Crippen molar-refractivity contribution in [3.8, 4) is 0 Å². The summed E-state index contributed by atoms with van der Waals surface area (Å²) in [6.45, 7) is 1.80. The number of hydrogen-bond donors (Lipinski definition) is 1. The number of rotatable bonds is 2. The molecule has 0 aliphatic rings. The summed E-state index contributed by atoms with van der Waals surface area (Å²) < 4.78 is 12.9. The molecule has 0 atom stereocenters. The lowest BCUT2D eigenvalue weighted by Gasteiger charge is -1.97. The van der Waals surface area contributed by atoms with Gasteiger partial charge >= 0.3 is 0 Å². The Balaban J connectivity index is 2.36. The summed E-state index contributed by atoms with van der Waals surface area (Å²) >= 11 is 0. The molecule has 0 fully saturated rings. The van der Waals surface area contributed by atoms with Crippen LogP contribution in [0.15, 0.2) is 30.5 Å². The van der Waals surface area contributed by atoms with Gasteiger partial charge in [-0.3, -0.25) is 4.79 Å².